The van der Waals surface area contributed by atoms with E-state index in [0.717, 1.165) is 25.7 Å². The molecule has 1 N–H and O–H groups in total. The Balaban J connectivity index is 2.62. The van der Waals surface area contributed by atoms with E-state index >= 15 is 0 Å². The van der Waals surface area contributed by atoms with Gasteiger partial charge in [0.2, 0.25) is 0 Å². The lowest BCUT2D eigenvalue weighted by molar-refractivity contribution is -0.136. The van der Waals surface area contributed by atoms with Crippen molar-refractivity contribution >= 4 is 16.8 Å². The van der Waals surface area contributed by atoms with E-state index in [0.29, 0.717) is 11.4 Å². The molecule has 0 aromatic carbocycles. The molecule has 0 amide bonds. The third kappa shape index (κ3) is 4.56. The van der Waals surface area contributed by atoms with E-state index in [1.165, 1.54) is 6.20 Å². The summed E-state index contributed by atoms with van der Waals surface area (Å²) in [5.41, 5.74) is 0. The molecular formula is C13H19NO3S. The van der Waals surface area contributed by atoms with Gasteiger partial charge in [-0.25, -0.2) is 4.98 Å². The van der Waals surface area contributed by atoms with E-state index < -0.39 is 22.0 Å². The summed E-state index contributed by atoms with van der Waals surface area (Å²) < 4.78 is 12.1. The number of unbranched alkanes of at least 4 members (excludes halogenated alkanes) is 3. The van der Waals surface area contributed by atoms with Gasteiger partial charge in [-0.05, 0) is 18.6 Å². The normalized spacial score (nSPS) is 14.1. The fourth-order valence-corrected chi connectivity index (χ4v) is 2.92. The Labute approximate surface area is 110 Å². The van der Waals surface area contributed by atoms with E-state index in [1.807, 2.05) is 0 Å². The monoisotopic (exact) mass is 269 g/mol. The largest absolute Gasteiger partial charge is 0.480 e. The van der Waals surface area contributed by atoms with E-state index in [2.05, 4.69) is 11.9 Å². The van der Waals surface area contributed by atoms with Crippen LogP contribution in [0, 0.1) is 0 Å². The number of hydrogen-bond acceptors (Lipinski definition) is 3. The van der Waals surface area contributed by atoms with Crippen LogP contribution in [0.5, 0.6) is 0 Å². The summed E-state index contributed by atoms with van der Waals surface area (Å²) in [5, 5.41) is 8.64. The van der Waals surface area contributed by atoms with E-state index in [4.69, 9.17) is 5.11 Å². The predicted octanol–water partition coefficient (Wildman–Crippen LogP) is 2.61. The molecule has 0 aliphatic heterocycles. The molecule has 1 aromatic rings. The molecule has 2 unspecified atom stereocenters. The fourth-order valence-electron chi connectivity index (χ4n) is 1.69. The van der Waals surface area contributed by atoms with Gasteiger partial charge in [-0.2, -0.15) is 0 Å². The van der Waals surface area contributed by atoms with Crippen LogP contribution < -0.4 is 0 Å². The first-order chi connectivity index (χ1) is 8.66. The Bertz CT molecular complexity index is 394. The summed E-state index contributed by atoms with van der Waals surface area (Å²) in [6.45, 7) is 2.10. The van der Waals surface area contributed by atoms with E-state index in [-0.39, 0.29) is 0 Å². The Morgan fingerprint density at radius 2 is 2.17 bits per heavy atom. The Hall–Kier alpha value is -1.23. The van der Waals surface area contributed by atoms with Crippen molar-refractivity contribution in [2.75, 3.05) is 0 Å². The quantitative estimate of drug-likeness (QED) is 0.737. The molecule has 0 saturated carbocycles. The molecule has 0 spiro atoms. The second-order valence-electron chi connectivity index (χ2n) is 4.14. The van der Waals surface area contributed by atoms with Gasteiger partial charge in [0.25, 0.3) is 0 Å². The zero-order chi connectivity index (χ0) is 13.4. The summed E-state index contributed by atoms with van der Waals surface area (Å²) in [4.78, 5) is 15.1. The van der Waals surface area contributed by atoms with Crippen molar-refractivity contribution in [3.8, 4) is 0 Å². The zero-order valence-corrected chi connectivity index (χ0v) is 11.4. The van der Waals surface area contributed by atoms with E-state index in [9.17, 15) is 9.00 Å². The van der Waals surface area contributed by atoms with Gasteiger partial charge in [0.1, 0.15) is 10.3 Å². The number of rotatable bonds is 8. The van der Waals surface area contributed by atoms with Crippen molar-refractivity contribution in [1.29, 1.82) is 0 Å². The van der Waals surface area contributed by atoms with Crippen LogP contribution in [0.1, 0.15) is 39.0 Å². The molecule has 0 bridgehead atoms. The molecule has 0 radical (unpaired) electrons. The van der Waals surface area contributed by atoms with Gasteiger partial charge in [-0.15, -0.1) is 0 Å². The Morgan fingerprint density at radius 3 is 2.72 bits per heavy atom. The van der Waals surface area contributed by atoms with Gasteiger partial charge in [-0.3, -0.25) is 9.00 Å². The molecular weight excluding hydrogens is 250 g/mol. The van der Waals surface area contributed by atoms with Crippen molar-refractivity contribution in [1.82, 2.24) is 4.98 Å². The van der Waals surface area contributed by atoms with Gasteiger partial charge in [0, 0.05) is 6.20 Å². The Morgan fingerprint density at radius 1 is 1.39 bits per heavy atom. The second-order valence-corrected chi connectivity index (χ2v) is 5.72. The van der Waals surface area contributed by atoms with Crippen LogP contribution in [0.3, 0.4) is 0 Å². The molecule has 0 aliphatic rings. The number of nitrogens with zero attached hydrogens (tertiary/aromatic N) is 1. The summed E-state index contributed by atoms with van der Waals surface area (Å²) >= 11 is 0. The van der Waals surface area contributed by atoms with Crippen molar-refractivity contribution in [3.63, 3.8) is 0 Å². The van der Waals surface area contributed by atoms with Crippen molar-refractivity contribution in [2.24, 2.45) is 0 Å². The summed E-state index contributed by atoms with van der Waals surface area (Å²) in [7, 11) is -1.57. The Kier molecular flexibility index (Phi) is 6.57. The lowest BCUT2D eigenvalue weighted by Gasteiger charge is -2.11. The maximum Gasteiger partial charge on any atom is 0.319 e. The van der Waals surface area contributed by atoms with Crippen LogP contribution in [0.4, 0.5) is 0 Å². The van der Waals surface area contributed by atoms with Crippen LogP contribution in [0.2, 0.25) is 0 Å². The number of carboxylic acid groups (broad SMARTS) is 1. The average molecular weight is 269 g/mol. The number of pyridine rings is 1. The van der Waals surface area contributed by atoms with Gasteiger partial charge >= 0.3 is 5.97 Å². The molecule has 0 fully saturated rings. The molecule has 100 valence electrons. The standard InChI is InChI=1S/C13H19NO3S/c1-2-3-4-5-8-11(13(15)16)18(17)12-9-6-7-10-14-12/h6-7,9-11H,2-5,8H2,1H3,(H,15,16). The SMILES string of the molecule is CCCCCCC(C(=O)O)S(=O)c1ccccn1. The summed E-state index contributed by atoms with van der Waals surface area (Å²) in [6.07, 6.45) is 5.94. The molecule has 1 heterocycles. The van der Waals surface area contributed by atoms with Crippen LogP contribution >= 0.6 is 0 Å². The maximum absolute atomic E-state index is 12.1. The second kappa shape index (κ2) is 7.97. The number of carboxylic acids is 1. The van der Waals surface area contributed by atoms with Gasteiger partial charge in [0.05, 0.1) is 10.8 Å². The molecule has 2 atom stereocenters. The molecule has 5 heteroatoms. The number of hydrogen-bond donors (Lipinski definition) is 1. The van der Waals surface area contributed by atoms with Gasteiger partial charge in [0.15, 0.2) is 0 Å². The summed E-state index contributed by atoms with van der Waals surface area (Å²) in [5.74, 6) is -1.00. The lowest BCUT2D eigenvalue weighted by Crippen LogP contribution is -2.26. The van der Waals surface area contributed by atoms with Gasteiger partial charge in [-0.1, -0.05) is 38.7 Å². The van der Waals surface area contributed by atoms with Crippen LogP contribution in [-0.4, -0.2) is 25.5 Å². The smallest absolute Gasteiger partial charge is 0.319 e. The average Bonchev–Trinajstić information content (AvgIpc) is 2.39. The highest BCUT2D eigenvalue weighted by Gasteiger charge is 2.26. The maximum atomic E-state index is 12.1. The third-order valence-electron chi connectivity index (χ3n) is 2.70. The highest BCUT2D eigenvalue weighted by molar-refractivity contribution is 7.86. The number of aliphatic carboxylic acids is 1. The highest BCUT2D eigenvalue weighted by Crippen LogP contribution is 2.15. The van der Waals surface area contributed by atoms with Crippen LogP contribution in [0.25, 0.3) is 0 Å². The van der Waals surface area contributed by atoms with Crippen molar-refractivity contribution in [2.45, 2.75) is 49.3 Å². The van der Waals surface area contributed by atoms with Crippen LogP contribution in [0.15, 0.2) is 29.4 Å². The zero-order valence-electron chi connectivity index (χ0n) is 10.5. The number of aromatic nitrogens is 1. The first-order valence-electron chi connectivity index (χ1n) is 6.21. The first-order valence-corrected chi connectivity index (χ1v) is 7.42. The molecule has 0 saturated heterocycles. The third-order valence-corrected chi connectivity index (χ3v) is 4.31. The minimum absolute atomic E-state index is 0.348. The minimum Gasteiger partial charge on any atom is -0.480 e. The summed E-state index contributed by atoms with van der Waals surface area (Å²) in [6, 6.07) is 5.05. The topological polar surface area (TPSA) is 67.3 Å². The highest BCUT2D eigenvalue weighted by atomic mass is 32.2. The van der Waals surface area contributed by atoms with Crippen molar-refractivity contribution in [3.05, 3.63) is 24.4 Å². The van der Waals surface area contributed by atoms with Crippen molar-refractivity contribution < 1.29 is 14.1 Å². The predicted molar refractivity (Wildman–Crippen MR) is 70.8 cm³/mol. The number of carbonyl (C=O) groups is 1. The molecule has 18 heavy (non-hydrogen) atoms. The lowest BCUT2D eigenvalue weighted by atomic mass is 10.1. The van der Waals surface area contributed by atoms with Crippen LogP contribution in [-0.2, 0) is 15.6 Å². The van der Waals surface area contributed by atoms with Gasteiger partial charge < -0.3 is 5.11 Å². The minimum atomic E-state index is -1.57. The molecule has 1 aromatic heterocycles. The first kappa shape index (κ1) is 14.8. The molecule has 0 aliphatic carbocycles. The molecule has 4 nitrogen and oxygen atoms in total. The van der Waals surface area contributed by atoms with E-state index in [1.54, 1.807) is 18.2 Å². The fraction of sp³-hybridized carbons (Fsp3) is 0.538. The molecule has 1 rings (SSSR count).